The minimum absolute atomic E-state index is 0.160. The quantitative estimate of drug-likeness (QED) is 0.818. The van der Waals surface area contributed by atoms with Crippen LogP contribution in [0.2, 0.25) is 0 Å². The van der Waals surface area contributed by atoms with Crippen LogP contribution in [-0.4, -0.2) is 45.7 Å². The molecule has 4 rings (SSSR count). The van der Waals surface area contributed by atoms with E-state index >= 15 is 0 Å². The van der Waals surface area contributed by atoms with E-state index in [2.05, 4.69) is 4.90 Å². The predicted octanol–water partition coefficient (Wildman–Crippen LogP) is 1.80. The predicted molar refractivity (Wildman–Crippen MR) is 94.7 cm³/mol. The van der Waals surface area contributed by atoms with Gasteiger partial charge in [0.2, 0.25) is 16.8 Å². The third-order valence-corrected chi connectivity index (χ3v) is 6.46. The van der Waals surface area contributed by atoms with E-state index in [1.54, 1.807) is 12.1 Å². The lowest BCUT2D eigenvalue weighted by Gasteiger charge is -2.35. The Kier molecular flexibility index (Phi) is 4.18. The first-order valence-electron chi connectivity index (χ1n) is 8.23. The molecule has 1 saturated heterocycles. The Morgan fingerprint density at radius 2 is 1.73 bits per heavy atom. The normalized spacial score (nSPS) is 17.1. The van der Waals surface area contributed by atoms with Crippen LogP contribution in [0.15, 0.2) is 47.4 Å². The van der Waals surface area contributed by atoms with Gasteiger partial charge in [0, 0.05) is 37.9 Å². The second-order valence-electron chi connectivity index (χ2n) is 6.07. The fourth-order valence-electron chi connectivity index (χ4n) is 3.14. The lowest BCUT2D eigenvalue weighted by Crippen LogP contribution is -2.48. The van der Waals surface area contributed by atoms with E-state index in [1.165, 1.54) is 16.4 Å². The second-order valence-corrected chi connectivity index (χ2v) is 8.01. The van der Waals surface area contributed by atoms with Gasteiger partial charge in [-0.15, -0.1) is 0 Å². The van der Waals surface area contributed by atoms with Gasteiger partial charge in [-0.25, -0.2) is 8.42 Å². The molecule has 0 aliphatic carbocycles. The zero-order valence-electron chi connectivity index (χ0n) is 14.0. The Morgan fingerprint density at radius 3 is 2.50 bits per heavy atom. The number of hydrogen-bond acceptors (Lipinski definition) is 6. The van der Waals surface area contributed by atoms with Crippen molar-refractivity contribution < 1.29 is 17.9 Å². The third kappa shape index (κ3) is 2.96. The van der Waals surface area contributed by atoms with Crippen LogP contribution in [0.1, 0.15) is 5.56 Å². The van der Waals surface area contributed by atoms with Gasteiger partial charge >= 0.3 is 0 Å². The van der Waals surface area contributed by atoms with Crippen molar-refractivity contribution in [2.45, 2.75) is 4.90 Å². The number of hydrogen-bond donors (Lipinski definition) is 0. The molecule has 0 radical (unpaired) electrons. The highest BCUT2D eigenvalue weighted by atomic mass is 32.2. The van der Waals surface area contributed by atoms with Crippen molar-refractivity contribution in [1.29, 1.82) is 5.26 Å². The van der Waals surface area contributed by atoms with Crippen LogP contribution in [0, 0.1) is 11.3 Å². The average molecular weight is 371 g/mol. The van der Waals surface area contributed by atoms with Crippen molar-refractivity contribution in [3.05, 3.63) is 48.0 Å². The van der Waals surface area contributed by atoms with E-state index in [4.69, 9.17) is 14.7 Å². The minimum atomic E-state index is -3.60. The molecule has 0 aromatic heterocycles. The van der Waals surface area contributed by atoms with E-state index in [0.29, 0.717) is 37.5 Å². The van der Waals surface area contributed by atoms with E-state index in [0.717, 1.165) is 11.4 Å². The van der Waals surface area contributed by atoms with E-state index < -0.39 is 10.0 Å². The summed E-state index contributed by atoms with van der Waals surface area (Å²) in [5, 5.41) is 8.98. The summed E-state index contributed by atoms with van der Waals surface area (Å²) >= 11 is 0. The molecule has 0 atom stereocenters. The maximum atomic E-state index is 12.8. The lowest BCUT2D eigenvalue weighted by atomic mass is 10.2. The molecule has 2 aliphatic rings. The number of anilines is 1. The van der Waals surface area contributed by atoms with Crippen LogP contribution in [0.25, 0.3) is 0 Å². The van der Waals surface area contributed by atoms with Crippen LogP contribution < -0.4 is 14.4 Å². The Hall–Kier alpha value is -2.76. The van der Waals surface area contributed by atoms with E-state index in [1.807, 2.05) is 24.3 Å². The molecule has 1 fully saturated rings. The number of nitrogens with zero attached hydrogens (tertiary/aromatic N) is 3. The van der Waals surface area contributed by atoms with Crippen LogP contribution in [0.3, 0.4) is 0 Å². The molecule has 26 heavy (non-hydrogen) atoms. The Bertz CT molecular complexity index is 976. The van der Waals surface area contributed by atoms with Gasteiger partial charge < -0.3 is 14.4 Å². The molecule has 8 heteroatoms. The molecule has 2 aliphatic heterocycles. The summed E-state index contributed by atoms with van der Waals surface area (Å²) in [5.41, 5.74) is 1.32. The summed E-state index contributed by atoms with van der Waals surface area (Å²) in [5.74, 6) is 1.44. The summed E-state index contributed by atoms with van der Waals surface area (Å²) in [6.07, 6.45) is 0. The molecule has 0 unspecified atom stereocenters. The smallest absolute Gasteiger partial charge is 0.243 e. The Balaban J connectivity index is 1.48. The van der Waals surface area contributed by atoms with Gasteiger partial charge in [-0.3, -0.25) is 0 Å². The van der Waals surface area contributed by atoms with Gasteiger partial charge in [0.05, 0.1) is 16.5 Å². The van der Waals surface area contributed by atoms with Crippen molar-refractivity contribution in [3.63, 3.8) is 0 Å². The average Bonchev–Trinajstić information content (AvgIpc) is 3.16. The first-order chi connectivity index (χ1) is 12.6. The topological polar surface area (TPSA) is 82.9 Å². The SMILES string of the molecule is N#Cc1cccc(S(=O)(=O)N2CCN(c3ccc4c(c3)OCO4)CC2)c1. The molecule has 0 saturated carbocycles. The molecule has 2 aromatic carbocycles. The minimum Gasteiger partial charge on any atom is -0.454 e. The number of fused-ring (bicyclic) bond motifs is 1. The second kappa shape index (κ2) is 6.52. The highest BCUT2D eigenvalue weighted by Gasteiger charge is 2.29. The first-order valence-corrected chi connectivity index (χ1v) is 9.67. The zero-order chi connectivity index (χ0) is 18.1. The van der Waals surface area contributed by atoms with Gasteiger partial charge in [0.1, 0.15) is 0 Å². The summed E-state index contributed by atoms with van der Waals surface area (Å²) < 4.78 is 37.8. The summed E-state index contributed by atoms with van der Waals surface area (Å²) in [6, 6.07) is 13.8. The highest BCUT2D eigenvalue weighted by molar-refractivity contribution is 7.89. The van der Waals surface area contributed by atoms with Gasteiger partial charge in [-0.05, 0) is 30.3 Å². The van der Waals surface area contributed by atoms with Gasteiger partial charge in [0.25, 0.3) is 0 Å². The molecule has 0 spiro atoms. The summed E-state index contributed by atoms with van der Waals surface area (Å²) in [7, 11) is -3.60. The van der Waals surface area contributed by atoms with Crippen LogP contribution in [-0.2, 0) is 10.0 Å². The van der Waals surface area contributed by atoms with Crippen molar-refractivity contribution in [3.8, 4) is 17.6 Å². The van der Waals surface area contributed by atoms with Gasteiger partial charge in [-0.1, -0.05) is 6.07 Å². The number of sulfonamides is 1. The van der Waals surface area contributed by atoms with Gasteiger partial charge in [0.15, 0.2) is 11.5 Å². The maximum absolute atomic E-state index is 12.8. The van der Waals surface area contributed by atoms with Gasteiger partial charge in [-0.2, -0.15) is 9.57 Å². The summed E-state index contributed by atoms with van der Waals surface area (Å²) in [6.45, 7) is 2.15. The lowest BCUT2D eigenvalue weighted by molar-refractivity contribution is 0.174. The molecule has 7 nitrogen and oxygen atoms in total. The van der Waals surface area contributed by atoms with E-state index in [-0.39, 0.29) is 11.7 Å². The molecule has 0 amide bonds. The molecule has 2 heterocycles. The number of nitriles is 1. The molecular weight excluding hydrogens is 354 g/mol. The van der Waals surface area contributed by atoms with Crippen molar-refractivity contribution in [2.24, 2.45) is 0 Å². The Labute approximate surface area is 152 Å². The fraction of sp³-hybridized carbons (Fsp3) is 0.278. The monoisotopic (exact) mass is 371 g/mol. The first kappa shape index (κ1) is 16.7. The van der Waals surface area contributed by atoms with Crippen molar-refractivity contribution >= 4 is 15.7 Å². The van der Waals surface area contributed by atoms with Crippen molar-refractivity contribution in [1.82, 2.24) is 4.31 Å². The largest absolute Gasteiger partial charge is 0.454 e. The molecule has 0 N–H and O–H groups in total. The van der Waals surface area contributed by atoms with Crippen LogP contribution in [0.4, 0.5) is 5.69 Å². The molecular formula is C18H17N3O4S. The molecule has 2 aromatic rings. The number of rotatable bonds is 3. The highest BCUT2D eigenvalue weighted by Crippen LogP contribution is 2.35. The standard InChI is InChI=1S/C18H17N3O4S/c19-12-14-2-1-3-16(10-14)26(22,23)21-8-6-20(7-9-21)15-4-5-17-18(11-15)25-13-24-17/h1-5,10-11H,6-9,13H2. The maximum Gasteiger partial charge on any atom is 0.243 e. The fourth-order valence-corrected chi connectivity index (χ4v) is 4.61. The van der Waals surface area contributed by atoms with Crippen LogP contribution in [0.5, 0.6) is 11.5 Å². The third-order valence-electron chi connectivity index (χ3n) is 4.56. The number of ether oxygens (including phenoxy) is 2. The van der Waals surface area contributed by atoms with Crippen LogP contribution >= 0.6 is 0 Å². The number of piperazine rings is 1. The summed E-state index contributed by atoms with van der Waals surface area (Å²) in [4.78, 5) is 2.28. The van der Waals surface area contributed by atoms with Crippen molar-refractivity contribution in [2.75, 3.05) is 37.9 Å². The van der Waals surface area contributed by atoms with E-state index in [9.17, 15) is 8.42 Å². The zero-order valence-corrected chi connectivity index (χ0v) is 14.8. The molecule has 134 valence electrons. The number of benzene rings is 2. The molecule has 0 bridgehead atoms. The Morgan fingerprint density at radius 1 is 0.962 bits per heavy atom.